The lowest BCUT2D eigenvalue weighted by molar-refractivity contribution is -0.655. The molecule has 0 atom stereocenters. The molecule has 0 radical (unpaired) electrons. The van der Waals surface area contributed by atoms with Crippen molar-refractivity contribution in [3.8, 4) is 0 Å². The maximum atomic E-state index is 4.91. The minimum Gasteiger partial charge on any atom is -0.368 e. The van der Waals surface area contributed by atoms with E-state index in [2.05, 4.69) is 49.2 Å². The number of thioether (sulfide) groups is 1. The second kappa shape index (κ2) is 8.61. The summed E-state index contributed by atoms with van der Waals surface area (Å²) in [6, 6.07) is 8.26. The Hall–Kier alpha value is -2.65. The van der Waals surface area contributed by atoms with Crippen LogP contribution in [0, 0.1) is 5.92 Å². The number of benzene rings is 1. The molecule has 0 bridgehead atoms. The zero-order valence-electron chi connectivity index (χ0n) is 17.1. The number of rotatable bonds is 7. The summed E-state index contributed by atoms with van der Waals surface area (Å²) >= 11 is 1.71. The Labute approximate surface area is 180 Å². The van der Waals surface area contributed by atoms with Crippen molar-refractivity contribution in [2.45, 2.75) is 17.7 Å². The third-order valence-corrected chi connectivity index (χ3v) is 6.37. The van der Waals surface area contributed by atoms with Crippen molar-refractivity contribution in [3.63, 3.8) is 0 Å². The summed E-state index contributed by atoms with van der Waals surface area (Å²) in [5.41, 5.74) is 2.54. The number of quaternary nitrogens is 1. The fraction of sp³-hybridized carbons (Fsp3) is 0.429. The smallest absolute Gasteiger partial charge is 0.228 e. The molecule has 0 unspecified atom stereocenters. The number of aromatic nitrogens is 4. The first-order chi connectivity index (χ1) is 14.8. The first-order valence-corrected chi connectivity index (χ1v) is 11.8. The predicted octanol–water partition coefficient (Wildman–Crippen LogP) is 2.09. The average molecular weight is 424 g/mol. The van der Waals surface area contributed by atoms with Gasteiger partial charge in [-0.05, 0) is 37.1 Å². The van der Waals surface area contributed by atoms with Crippen LogP contribution in [-0.2, 0) is 0 Å². The highest BCUT2D eigenvalue weighted by Crippen LogP contribution is 2.33. The molecule has 1 aromatic carbocycles. The van der Waals surface area contributed by atoms with Gasteiger partial charge in [0.1, 0.15) is 17.4 Å². The Morgan fingerprint density at radius 2 is 1.90 bits per heavy atom. The van der Waals surface area contributed by atoms with Crippen LogP contribution in [0.2, 0.25) is 0 Å². The van der Waals surface area contributed by atoms with Gasteiger partial charge >= 0.3 is 0 Å². The minimum atomic E-state index is 0.725. The van der Waals surface area contributed by atoms with E-state index in [1.165, 1.54) is 17.7 Å². The van der Waals surface area contributed by atoms with Crippen molar-refractivity contribution < 1.29 is 5.32 Å². The Bertz CT molecular complexity index is 1030. The molecule has 9 heteroatoms. The Morgan fingerprint density at radius 3 is 2.70 bits per heavy atom. The maximum Gasteiger partial charge on any atom is 0.228 e. The molecule has 3 heterocycles. The zero-order valence-corrected chi connectivity index (χ0v) is 18.0. The zero-order chi connectivity index (χ0) is 20.3. The van der Waals surface area contributed by atoms with Crippen molar-refractivity contribution in [2.75, 3.05) is 54.5 Å². The first-order valence-electron chi connectivity index (χ1n) is 10.5. The van der Waals surface area contributed by atoms with Gasteiger partial charge < -0.3 is 20.9 Å². The van der Waals surface area contributed by atoms with E-state index in [-0.39, 0.29) is 0 Å². The molecule has 2 aliphatic rings. The van der Waals surface area contributed by atoms with Gasteiger partial charge in [-0.25, -0.2) is 15.0 Å². The van der Waals surface area contributed by atoms with Crippen molar-refractivity contribution in [2.24, 2.45) is 5.92 Å². The Kier molecular flexibility index (Phi) is 5.54. The summed E-state index contributed by atoms with van der Waals surface area (Å²) in [4.78, 5) is 22.3. The highest BCUT2D eigenvalue weighted by Gasteiger charge is 2.23. The number of anilines is 4. The third-order valence-electron chi connectivity index (χ3n) is 5.57. The van der Waals surface area contributed by atoms with Crippen LogP contribution in [0.25, 0.3) is 11.0 Å². The summed E-state index contributed by atoms with van der Waals surface area (Å²) in [7, 11) is 0. The molecule has 1 aliphatic heterocycles. The number of nitrogens with one attached hydrogen (secondary N) is 2. The number of para-hydroxylation sites is 1. The Balaban J connectivity index is 1.58. The topological polar surface area (TPSA) is 95.5 Å². The summed E-state index contributed by atoms with van der Waals surface area (Å²) in [5, 5.41) is 9.35. The molecule has 2 fully saturated rings. The summed E-state index contributed by atoms with van der Waals surface area (Å²) < 4.78 is 0. The normalized spacial score (nSPS) is 16.6. The molecular formula is C21H27N8S+. The number of hydrogen-bond acceptors (Lipinski definition) is 8. The van der Waals surface area contributed by atoms with Gasteiger partial charge in [0.05, 0.1) is 31.9 Å². The van der Waals surface area contributed by atoms with Gasteiger partial charge in [0.25, 0.3) is 0 Å². The van der Waals surface area contributed by atoms with E-state index in [4.69, 9.17) is 9.97 Å². The Morgan fingerprint density at radius 1 is 1.07 bits per heavy atom. The molecule has 0 spiro atoms. The molecule has 8 nitrogen and oxygen atoms in total. The van der Waals surface area contributed by atoms with Crippen molar-refractivity contribution in [1.82, 2.24) is 19.9 Å². The minimum absolute atomic E-state index is 0.725. The van der Waals surface area contributed by atoms with E-state index in [1.54, 1.807) is 18.1 Å². The van der Waals surface area contributed by atoms with Gasteiger partial charge in [0.15, 0.2) is 11.6 Å². The lowest BCUT2D eigenvalue weighted by Crippen LogP contribution is -2.89. The second-order valence-corrected chi connectivity index (χ2v) is 8.64. The molecule has 3 aromatic rings. The van der Waals surface area contributed by atoms with Gasteiger partial charge in [-0.3, -0.25) is 0 Å². The maximum absolute atomic E-state index is 4.91. The number of fused-ring (bicyclic) bond motifs is 1. The molecule has 2 aromatic heterocycles. The largest absolute Gasteiger partial charge is 0.368 e. The standard InChI is InChI=1S/C21H26N8S/c1-30-16-5-3-2-4-15(16)26-20-17-18(19(25-13-24-17)23-12-14-6-7-14)27-21(28-20)29-10-8-22-9-11-29/h2-5,13-14,22H,6-12H2,1H3,(H,23,24,25)(H,26,27,28)/p+1. The molecular weight excluding hydrogens is 396 g/mol. The molecule has 30 heavy (non-hydrogen) atoms. The average Bonchev–Trinajstić information content (AvgIpc) is 3.63. The van der Waals surface area contributed by atoms with Gasteiger partial charge in [-0.2, -0.15) is 4.98 Å². The van der Waals surface area contributed by atoms with Crippen molar-refractivity contribution in [3.05, 3.63) is 30.6 Å². The summed E-state index contributed by atoms with van der Waals surface area (Å²) in [6.45, 7) is 4.91. The van der Waals surface area contributed by atoms with Crippen LogP contribution >= 0.6 is 11.8 Å². The fourth-order valence-corrected chi connectivity index (χ4v) is 4.24. The van der Waals surface area contributed by atoms with Crippen LogP contribution in [-0.4, -0.2) is 58.9 Å². The molecule has 4 N–H and O–H groups in total. The fourth-order valence-electron chi connectivity index (χ4n) is 3.68. The van der Waals surface area contributed by atoms with Crippen LogP contribution in [0.5, 0.6) is 0 Å². The van der Waals surface area contributed by atoms with Crippen LogP contribution in [0.4, 0.5) is 23.3 Å². The molecule has 1 saturated heterocycles. The van der Waals surface area contributed by atoms with E-state index < -0.39 is 0 Å². The van der Waals surface area contributed by atoms with Gasteiger partial charge in [0, 0.05) is 11.4 Å². The molecule has 1 saturated carbocycles. The van der Waals surface area contributed by atoms with Gasteiger partial charge in [0.2, 0.25) is 5.95 Å². The molecule has 5 rings (SSSR count). The van der Waals surface area contributed by atoms with E-state index in [0.717, 1.165) is 72.9 Å². The van der Waals surface area contributed by atoms with Crippen molar-refractivity contribution in [1.29, 1.82) is 0 Å². The molecule has 1 aliphatic carbocycles. The van der Waals surface area contributed by atoms with Gasteiger partial charge in [-0.1, -0.05) is 12.1 Å². The van der Waals surface area contributed by atoms with E-state index >= 15 is 0 Å². The second-order valence-electron chi connectivity index (χ2n) is 7.79. The molecule has 156 valence electrons. The SMILES string of the molecule is CSc1ccccc1Nc1nc(N2CC[NH2+]CC2)nc2c(NCC3CC3)ncnc12. The van der Waals surface area contributed by atoms with Crippen LogP contribution in [0.3, 0.4) is 0 Å². The van der Waals surface area contributed by atoms with Crippen LogP contribution < -0.4 is 20.9 Å². The number of hydrogen-bond donors (Lipinski definition) is 3. The quantitative estimate of drug-likeness (QED) is 0.497. The first kappa shape index (κ1) is 19.3. The number of piperazine rings is 1. The number of nitrogens with zero attached hydrogens (tertiary/aromatic N) is 5. The van der Waals surface area contributed by atoms with Crippen LogP contribution in [0.15, 0.2) is 35.5 Å². The van der Waals surface area contributed by atoms with Crippen LogP contribution in [0.1, 0.15) is 12.8 Å². The lowest BCUT2D eigenvalue weighted by Gasteiger charge is -2.26. The monoisotopic (exact) mass is 423 g/mol. The van der Waals surface area contributed by atoms with E-state index in [0.29, 0.717) is 0 Å². The highest BCUT2D eigenvalue weighted by molar-refractivity contribution is 7.98. The number of nitrogens with two attached hydrogens (primary N) is 1. The third kappa shape index (κ3) is 4.13. The van der Waals surface area contributed by atoms with Gasteiger partial charge in [-0.15, -0.1) is 11.8 Å². The highest BCUT2D eigenvalue weighted by atomic mass is 32.2. The summed E-state index contributed by atoms with van der Waals surface area (Å²) in [6.07, 6.45) is 6.26. The van der Waals surface area contributed by atoms with E-state index in [1.807, 2.05) is 12.1 Å². The lowest BCUT2D eigenvalue weighted by atomic mass is 10.3. The molecule has 0 amide bonds. The van der Waals surface area contributed by atoms with Crippen molar-refractivity contribution >= 4 is 46.1 Å². The predicted molar refractivity (Wildman–Crippen MR) is 122 cm³/mol. The summed E-state index contributed by atoms with van der Waals surface area (Å²) in [5.74, 6) is 3.01. The van der Waals surface area contributed by atoms with E-state index in [9.17, 15) is 0 Å².